The lowest BCUT2D eigenvalue weighted by Gasteiger charge is -2.36. The molecular weight excluding hydrogens is 314 g/mol. The molecule has 1 fully saturated rings. The first-order valence-electron chi connectivity index (χ1n) is 10.1. The largest absolute Gasteiger partial charge is 0.217 e. The first-order valence-corrected chi connectivity index (χ1v) is 10.1. The molecule has 2 aliphatic carbocycles. The average molecular weight is 343 g/mol. The van der Waals surface area contributed by atoms with Crippen LogP contribution in [0.25, 0.3) is 22.0 Å². The second-order valence-corrected chi connectivity index (χ2v) is 8.87. The monoisotopic (exact) mass is 342 g/mol. The second-order valence-electron chi connectivity index (χ2n) is 8.87. The highest BCUT2D eigenvalue weighted by Gasteiger charge is 2.42. The minimum atomic E-state index is 0.0343. The van der Waals surface area contributed by atoms with Gasteiger partial charge in [-0.3, -0.25) is 0 Å². The van der Waals surface area contributed by atoms with Crippen LogP contribution in [-0.2, 0) is 12.5 Å². The zero-order valence-electron chi connectivity index (χ0n) is 16.4. The van der Waals surface area contributed by atoms with Gasteiger partial charge < -0.3 is 0 Å². The highest BCUT2D eigenvalue weighted by atomic mass is 14.9. The number of aromatic nitrogens is 1. The topological polar surface area (TPSA) is 3.88 Å². The summed E-state index contributed by atoms with van der Waals surface area (Å²) in [4.78, 5) is 0. The summed E-state index contributed by atoms with van der Waals surface area (Å²) in [5.74, 6) is 0.731. The first kappa shape index (κ1) is 16.1. The van der Waals surface area contributed by atoms with E-state index in [2.05, 4.69) is 75.0 Å². The number of pyridine rings is 1. The molecule has 2 aromatic carbocycles. The van der Waals surface area contributed by atoms with Crippen LogP contribution in [0.3, 0.4) is 0 Å². The molecule has 0 spiro atoms. The molecular formula is C25H28N+. The van der Waals surface area contributed by atoms with Gasteiger partial charge in [0, 0.05) is 17.0 Å². The van der Waals surface area contributed by atoms with E-state index in [9.17, 15) is 0 Å². The molecule has 1 heterocycles. The maximum Gasteiger partial charge on any atom is 0.217 e. The summed E-state index contributed by atoms with van der Waals surface area (Å²) in [5.41, 5.74) is 8.99. The van der Waals surface area contributed by atoms with E-state index >= 15 is 0 Å². The van der Waals surface area contributed by atoms with Gasteiger partial charge in [-0.15, -0.1) is 0 Å². The number of hydrogen-bond acceptors (Lipinski definition) is 0. The van der Waals surface area contributed by atoms with Crippen LogP contribution in [0.4, 0.5) is 0 Å². The molecule has 0 saturated heterocycles. The predicted octanol–water partition coefficient (Wildman–Crippen LogP) is 5.94. The molecule has 0 aliphatic heterocycles. The quantitative estimate of drug-likeness (QED) is 0.482. The third kappa shape index (κ3) is 2.00. The van der Waals surface area contributed by atoms with Crippen molar-refractivity contribution in [1.82, 2.24) is 0 Å². The van der Waals surface area contributed by atoms with Crippen molar-refractivity contribution in [3.8, 4) is 11.3 Å². The van der Waals surface area contributed by atoms with Gasteiger partial charge in [-0.05, 0) is 53.1 Å². The summed E-state index contributed by atoms with van der Waals surface area (Å²) >= 11 is 0. The number of rotatable bonds is 1. The van der Waals surface area contributed by atoms with E-state index in [1.54, 1.807) is 11.1 Å². The van der Waals surface area contributed by atoms with Gasteiger partial charge in [0.25, 0.3) is 0 Å². The Morgan fingerprint density at radius 1 is 1.00 bits per heavy atom. The molecule has 1 nitrogen and oxygen atoms in total. The molecule has 1 aromatic heterocycles. The van der Waals surface area contributed by atoms with Crippen LogP contribution in [0.2, 0.25) is 0 Å². The summed E-state index contributed by atoms with van der Waals surface area (Å²) in [6, 6.07) is 13.9. The lowest BCUT2D eigenvalue weighted by molar-refractivity contribution is -0.661. The molecule has 0 amide bonds. The predicted molar refractivity (Wildman–Crippen MR) is 109 cm³/mol. The summed E-state index contributed by atoms with van der Waals surface area (Å²) in [5, 5.41) is 2.83. The van der Waals surface area contributed by atoms with Crippen LogP contribution in [0.5, 0.6) is 0 Å². The van der Waals surface area contributed by atoms with Crippen LogP contribution in [0, 0.1) is 6.92 Å². The number of nitrogens with zero attached hydrogens (tertiary/aromatic N) is 1. The van der Waals surface area contributed by atoms with Crippen LogP contribution in [0.15, 0.2) is 42.6 Å². The molecule has 5 rings (SSSR count). The molecule has 1 heteroatoms. The van der Waals surface area contributed by atoms with Crippen molar-refractivity contribution in [1.29, 1.82) is 0 Å². The number of fused-ring (bicyclic) bond motifs is 2. The van der Waals surface area contributed by atoms with Gasteiger partial charge in [0.05, 0.1) is 5.56 Å². The zero-order chi connectivity index (χ0) is 18.1. The lowest BCUT2D eigenvalue weighted by Crippen LogP contribution is -2.39. The molecule has 3 aromatic rings. The second kappa shape index (κ2) is 5.42. The van der Waals surface area contributed by atoms with Crippen molar-refractivity contribution < 1.29 is 4.57 Å². The van der Waals surface area contributed by atoms with Crippen molar-refractivity contribution in [3.63, 3.8) is 0 Å². The fraction of sp³-hybridized carbons (Fsp3) is 0.400. The molecule has 26 heavy (non-hydrogen) atoms. The fourth-order valence-corrected chi connectivity index (χ4v) is 5.64. The van der Waals surface area contributed by atoms with Gasteiger partial charge in [0.15, 0.2) is 6.20 Å². The summed E-state index contributed by atoms with van der Waals surface area (Å²) in [6.07, 6.45) is 7.76. The third-order valence-corrected chi connectivity index (χ3v) is 6.94. The third-order valence-electron chi connectivity index (χ3n) is 6.94. The van der Waals surface area contributed by atoms with Crippen molar-refractivity contribution in [2.75, 3.05) is 0 Å². The van der Waals surface area contributed by atoms with Crippen LogP contribution < -0.4 is 4.57 Å². The Labute approximate surface area is 156 Å². The van der Waals surface area contributed by atoms with Crippen molar-refractivity contribution >= 4 is 10.8 Å². The van der Waals surface area contributed by atoms with Crippen LogP contribution in [-0.4, -0.2) is 0 Å². The SMILES string of the molecule is Cc1ccc2cccc3c2c1-c1c(c(C2CCCC2)cc[n+]1C)C3(C)C. The Bertz CT molecular complexity index is 1040. The van der Waals surface area contributed by atoms with Gasteiger partial charge in [0.2, 0.25) is 5.69 Å². The van der Waals surface area contributed by atoms with Gasteiger partial charge >= 0.3 is 0 Å². The van der Waals surface area contributed by atoms with Crippen molar-refractivity contribution in [2.24, 2.45) is 7.05 Å². The highest BCUT2D eigenvalue weighted by molar-refractivity contribution is 6.03. The number of hydrogen-bond donors (Lipinski definition) is 0. The highest BCUT2D eigenvalue weighted by Crippen LogP contribution is 2.51. The molecule has 0 bridgehead atoms. The van der Waals surface area contributed by atoms with E-state index in [1.807, 2.05) is 0 Å². The minimum Gasteiger partial charge on any atom is -0.201 e. The standard InChI is InChI=1S/C25H28N/c1-16-12-13-18-10-7-11-20-22(18)21(16)24-23(25(20,2)3)19(14-15-26(24)4)17-8-5-6-9-17/h7,10-15,17H,5-6,8-9H2,1-4H3/q+1. The molecule has 0 unspecified atom stereocenters. The Morgan fingerprint density at radius 2 is 1.77 bits per heavy atom. The van der Waals surface area contributed by atoms with Crippen molar-refractivity contribution in [3.05, 3.63) is 64.8 Å². The van der Waals surface area contributed by atoms with E-state index in [-0.39, 0.29) is 5.41 Å². The van der Waals surface area contributed by atoms with E-state index in [1.165, 1.54) is 58.8 Å². The van der Waals surface area contributed by atoms with Gasteiger partial charge in [-0.1, -0.05) is 57.0 Å². The van der Waals surface area contributed by atoms with E-state index in [4.69, 9.17) is 0 Å². The Kier molecular flexibility index (Phi) is 3.35. The summed E-state index contributed by atoms with van der Waals surface area (Å²) < 4.78 is 2.37. The average Bonchev–Trinajstić information content (AvgIpc) is 3.15. The molecule has 0 N–H and O–H groups in total. The van der Waals surface area contributed by atoms with Gasteiger partial charge in [-0.25, -0.2) is 4.57 Å². The Hall–Kier alpha value is -2.15. The number of benzene rings is 2. The Balaban J connectivity index is 1.96. The summed E-state index contributed by atoms with van der Waals surface area (Å²) in [7, 11) is 2.22. The molecule has 2 aliphatic rings. The normalized spacial score (nSPS) is 18.3. The van der Waals surface area contributed by atoms with E-state index < -0.39 is 0 Å². The minimum absolute atomic E-state index is 0.0343. The number of aryl methyl sites for hydroxylation is 2. The fourth-order valence-electron chi connectivity index (χ4n) is 5.64. The first-order chi connectivity index (χ1) is 12.5. The lowest BCUT2D eigenvalue weighted by atomic mass is 9.66. The molecule has 1 saturated carbocycles. The van der Waals surface area contributed by atoms with Gasteiger partial charge in [0.1, 0.15) is 7.05 Å². The molecule has 0 atom stereocenters. The van der Waals surface area contributed by atoms with Gasteiger partial charge in [-0.2, -0.15) is 0 Å². The van der Waals surface area contributed by atoms with Crippen LogP contribution in [0.1, 0.15) is 67.7 Å². The summed E-state index contributed by atoms with van der Waals surface area (Å²) in [6.45, 7) is 7.14. The maximum absolute atomic E-state index is 2.43. The van der Waals surface area contributed by atoms with Crippen molar-refractivity contribution in [2.45, 2.75) is 57.8 Å². The Morgan fingerprint density at radius 3 is 2.54 bits per heavy atom. The molecule has 132 valence electrons. The smallest absolute Gasteiger partial charge is 0.201 e. The van der Waals surface area contributed by atoms with E-state index in [0.717, 1.165) is 5.92 Å². The maximum atomic E-state index is 2.43. The molecule has 0 radical (unpaired) electrons. The zero-order valence-corrected chi connectivity index (χ0v) is 16.4. The van der Waals surface area contributed by atoms with Crippen LogP contribution >= 0.6 is 0 Å². The van der Waals surface area contributed by atoms with E-state index in [0.29, 0.717) is 0 Å².